The summed E-state index contributed by atoms with van der Waals surface area (Å²) in [7, 11) is 0. The van der Waals surface area contributed by atoms with E-state index in [4.69, 9.17) is 9.84 Å². The molecule has 2 rings (SSSR count). The van der Waals surface area contributed by atoms with E-state index in [1.165, 1.54) is 25.1 Å². The van der Waals surface area contributed by atoms with Crippen molar-refractivity contribution in [3.8, 4) is 5.88 Å². The van der Waals surface area contributed by atoms with Crippen LogP contribution in [-0.2, 0) is 0 Å². The third kappa shape index (κ3) is 2.32. The van der Waals surface area contributed by atoms with Crippen molar-refractivity contribution in [1.29, 1.82) is 0 Å². The monoisotopic (exact) mass is 221 g/mol. The molecular formula is C12H15NO3. The highest BCUT2D eigenvalue weighted by atomic mass is 16.5. The average molecular weight is 221 g/mol. The fraction of sp³-hybridized carbons (Fsp3) is 0.500. The van der Waals surface area contributed by atoms with Crippen molar-refractivity contribution in [1.82, 2.24) is 4.98 Å². The van der Waals surface area contributed by atoms with Crippen LogP contribution in [0.2, 0.25) is 0 Å². The Bertz CT molecular complexity index is 374. The summed E-state index contributed by atoms with van der Waals surface area (Å²) >= 11 is 0. The van der Waals surface area contributed by atoms with Crippen LogP contribution in [0.5, 0.6) is 5.88 Å². The second-order valence-corrected chi connectivity index (χ2v) is 4.32. The van der Waals surface area contributed by atoms with Gasteiger partial charge < -0.3 is 9.84 Å². The average Bonchev–Trinajstić information content (AvgIpc) is 2.28. The standard InChI is InChI=1S/C12H15NO3/c1-8-2-3-10(8)7-16-11-5-4-9(6-13-11)12(14)15/h4-6,8,10H,2-3,7H2,1H3,(H,14,15). The molecule has 1 fully saturated rings. The lowest BCUT2D eigenvalue weighted by Gasteiger charge is -2.33. The molecule has 0 radical (unpaired) electrons. The summed E-state index contributed by atoms with van der Waals surface area (Å²) in [5.41, 5.74) is 0.185. The molecule has 16 heavy (non-hydrogen) atoms. The molecule has 0 saturated heterocycles. The molecule has 0 aromatic carbocycles. The molecule has 0 spiro atoms. The summed E-state index contributed by atoms with van der Waals surface area (Å²) < 4.78 is 5.51. The number of carboxylic acids is 1. The molecule has 1 aliphatic carbocycles. The van der Waals surface area contributed by atoms with E-state index in [2.05, 4.69) is 11.9 Å². The zero-order valence-electron chi connectivity index (χ0n) is 9.22. The number of carboxylic acid groups (broad SMARTS) is 1. The molecule has 0 bridgehead atoms. The lowest BCUT2D eigenvalue weighted by Crippen LogP contribution is -2.28. The van der Waals surface area contributed by atoms with E-state index in [-0.39, 0.29) is 5.56 Å². The molecule has 2 atom stereocenters. The fourth-order valence-corrected chi connectivity index (χ4v) is 1.77. The highest BCUT2D eigenvalue weighted by Gasteiger charge is 2.27. The number of pyridine rings is 1. The van der Waals surface area contributed by atoms with E-state index in [9.17, 15) is 4.79 Å². The van der Waals surface area contributed by atoms with Crippen LogP contribution in [0.1, 0.15) is 30.1 Å². The van der Waals surface area contributed by atoms with Gasteiger partial charge in [0.05, 0.1) is 12.2 Å². The molecule has 4 heteroatoms. The number of ether oxygens (including phenoxy) is 1. The Morgan fingerprint density at radius 1 is 1.56 bits per heavy atom. The third-order valence-electron chi connectivity index (χ3n) is 3.23. The van der Waals surface area contributed by atoms with Gasteiger partial charge in [-0.05, 0) is 30.7 Å². The Balaban J connectivity index is 1.87. The predicted octanol–water partition coefficient (Wildman–Crippen LogP) is 2.20. The van der Waals surface area contributed by atoms with Crippen molar-refractivity contribution < 1.29 is 14.6 Å². The molecule has 1 saturated carbocycles. The van der Waals surface area contributed by atoms with E-state index in [1.54, 1.807) is 6.07 Å². The number of aromatic carboxylic acids is 1. The maximum absolute atomic E-state index is 10.6. The van der Waals surface area contributed by atoms with Crippen LogP contribution in [-0.4, -0.2) is 22.7 Å². The van der Waals surface area contributed by atoms with Gasteiger partial charge in [0, 0.05) is 12.3 Å². The minimum atomic E-state index is -0.966. The van der Waals surface area contributed by atoms with Crippen LogP contribution in [0, 0.1) is 11.8 Å². The normalized spacial score (nSPS) is 23.6. The SMILES string of the molecule is CC1CCC1COc1ccc(C(=O)O)cn1. The van der Waals surface area contributed by atoms with Gasteiger partial charge in [0.25, 0.3) is 0 Å². The van der Waals surface area contributed by atoms with Gasteiger partial charge >= 0.3 is 5.97 Å². The molecule has 1 aliphatic rings. The van der Waals surface area contributed by atoms with Crippen molar-refractivity contribution >= 4 is 5.97 Å². The Morgan fingerprint density at radius 3 is 2.81 bits per heavy atom. The van der Waals surface area contributed by atoms with Crippen LogP contribution >= 0.6 is 0 Å². The summed E-state index contributed by atoms with van der Waals surface area (Å²) in [5.74, 6) is 0.898. The van der Waals surface area contributed by atoms with Crippen LogP contribution in [0.15, 0.2) is 18.3 Å². The van der Waals surface area contributed by atoms with Gasteiger partial charge in [-0.15, -0.1) is 0 Å². The van der Waals surface area contributed by atoms with E-state index in [0.29, 0.717) is 18.4 Å². The first-order valence-corrected chi connectivity index (χ1v) is 5.49. The topological polar surface area (TPSA) is 59.4 Å². The largest absolute Gasteiger partial charge is 0.478 e. The molecule has 1 heterocycles. The van der Waals surface area contributed by atoms with Crippen LogP contribution < -0.4 is 4.74 Å². The van der Waals surface area contributed by atoms with Crippen molar-refractivity contribution in [3.05, 3.63) is 23.9 Å². The van der Waals surface area contributed by atoms with Gasteiger partial charge in [-0.1, -0.05) is 6.92 Å². The quantitative estimate of drug-likeness (QED) is 0.846. The molecule has 1 N–H and O–H groups in total. The lowest BCUT2D eigenvalue weighted by atomic mass is 9.75. The maximum Gasteiger partial charge on any atom is 0.337 e. The van der Waals surface area contributed by atoms with Crippen LogP contribution in [0.25, 0.3) is 0 Å². The number of hydrogen-bond acceptors (Lipinski definition) is 3. The zero-order chi connectivity index (χ0) is 11.5. The highest BCUT2D eigenvalue weighted by Crippen LogP contribution is 2.33. The fourth-order valence-electron chi connectivity index (χ4n) is 1.77. The summed E-state index contributed by atoms with van der Waals surface area (Å²) in [5, 5.41) is 8.69. The first kappa shape index (κ1) is 10.9. The van der Waals surface area contributed by atoms with Gasteiger partial charge in [0.1, 0.15) is 0 Å². The Morgan fingerprint density at radius 2 is 2.38 bits per heavy atom. The third-order valence-corrected chi connectivity index (χ3v) is 3.23. The molecule has 1 aromatic heterocycles. The molecule has 0 aliphatic heterocycles. The molecule has 0 amide bonds. The van der Waals surface area contributed by atoms with Crippen molar-refractivity contribution in [2.75, 3.05) is 6.61 Å². The van der Waals surface area contributed by atoms with Crippen molar-refractivity contribution in [2.45, 2.75) is 19.8 Å². The van der Waals surface area contributed by atoms with Gasteiger partial charge in [-0.2, -0.15) is 0 Å². The second-order valence-electron chi connectivity index (χ2n) is 4.32. The summed E-state index contributed by atoms with van der Waals surface area (Å²) in [6.07, 6.45) is 3.82. The molecule has 1 aromatic rings. The van der Waals surface area contributed by atoms with Crippen molar-refractivity contribution in [2.24, 2.45) is 11.8 Å². The predicted molar refractivity (Wildman–Crippen MR) is 58.6 cm³/mol. The molecule has 4 nitrogen and oxygen atoms in total. The van der Waals surface area contributed by atoms with E-state index < -0.39 is 5.97 Å². The second kappa shape index (κ2) is 4.51. The summed E-state index contributed by atoms with van der Waals surface area (Å²) in [6, 6.07) is 3.11. The Labute approximate surface area is 94.3 Å². The first-order valence-electron chi connectivity index (χ1n) is 5.49. The number of aromatic nitrogens is 1. The van der Waals surface area contributed by atoms with Gasteiger partial charge in [0.2, 0.25) is 5.88 Å². The van der Waals surface area contributed by atoms with Gasteiger partial charge in [-0.3, -0.25) is 0 Å². The van der Waals surface area contributed by atoms with E-state index in [1.807, 2.05) is 0 Å². The maximum atomic E-state index is 10.6. The molecular weight excluding hydrogens is 206 g/mol. The lowest BCUT2D eigenvalue weighted by molar-refractivity contribution is 0.0696. The number of rotatable bonds is 4. The Hall–Kier alpha value is -1.58. The Kier molecular flexibility index (Phi) is 3.08. The molecule has 86 valence electrons. The minimum Gasteiger partial charge on any atom is -0.478 e. The van der Waals surface area contributed by atoms with Gasteiger partial charge in [-0.25, -0.2) is 9.78 Å². The highest BCUT2D eigenvalue weighted by molar-refractivity contribution is 5.87. The smallest absolute Gasteiger partial charge is 0.337 e. The van der Waals surface area contributed by atoms with E-state index in [0.717, 1.165) is 5.92 Å². The summed E-state index contributed by atoms with van der Waals surface area (Å²) in [6.45, 7) is 2.90. The van der Waals surface area contributed by atoms with Crippen LogP contribution in [0.3, 0.4) is 0 Å². The molecule has 2 unspecified atom stereocenters. The number of nitrogens with zero attached hydrogens (tertiary/aromatic N) is 1. The van der Waals surface area contributed by atoms with Gasteiger partial charge in [0.15, 0.2) is 0 Å². The van der Waals surface area contributed by atoms with E-state index >= 15 is 0 Å². The number of hydrogen-bond donors (Lipinski definition) is 1. The minimum absolute atomic E-state index is 0.185. The zero-order valence-corrected chi connectivity index (χ0v) is 9.22. The summed E-state index contributed by atoms with van der Waals surface area (Å²) in [4.78, 5) is 14.5. The first-order chi connectivity index (χ1) is 7.66. The van der Waals surface area contributed by atoms with Crippen molar-refractivity contribution in [3.63, 3.8) is 0 Å². The number of carbonyl (C=O) groups is 1. The van der Waals surface area contributed by atoms with Crippen LogP contribution in [0.4, 0.5) is 0 Å².